The fourth-order valence-electron chi connectivity index (χ4n) is 2.09. The molecular weight excluding hydrogens is 334 g/mol. The first-order chi connectivity index (χ1) is 8.96. The lowest BCUT2D eigenvalue weighted by molar-refractivity contribution is 0.180. The molecule has 0 aromatic carbocycles. The molecule has 1 aromatic heterocycles. The molecule has 1 N–H and O–H groups in total. The van der Waals surface area contributed by atoms with Crippen LogP contribution in [0.1, 0.15) is 23.9 Å². The molecule has 1 saturated heterocycles. The van der Waals surface area contributed by atoms with E-state index in [-0.39, 0.29) is 17.4 Å². The van der Waals surface area contributed by atoms with Gasteiger partial charge in [-0.25, -0.2) is 18.4 Å². The van der Waals surface area contributed by atoms with E-state index in [0.717, 1.165) is 10.2 Å². The van der Waals surface area contributed by atoms with Gasteiger partial charge in [-0.15, -0.1) is 0 Å². The van der Waals surface area contributed by atoms with Gasteiger partial charge in [0.15, 0.2) is 9.84 Å². The van der Waals surface area contributed by atoms with E-state index in [2.05, 4.69) is 31.2 Å². The SMILES string of the molecule is CNc1nc(C2CCS(=O)(=O)C2)nc(COC)c1Br. The normalized spacial score (nSPS) is 21.5. The van der Waals surface area contributed by atoms with Gasteiger partial charge in [0.25, 0.3) is 0 Å². The highest BCUT2D eigenvalue weighted by atomic mass is 79.9. The minimum atomic E-state index is -2.94. The van der Waals surface area contributed by atoms with Crippen LogP contribution in [0.3, 0.4) is 0 Å². The van der Waals surface area contributed by atoms with Gasteiger partial charge in [-0.1, -0.05) is 0 Å². The number of nitrogens with one attached hydrogen (secondary N) is 1. The zero-order valence-corrected chi connectivity index (χ0v) is 13.2. The molecule has 0 saturated carbocycles. The number of hydrogen-bond acceptors (Lipinski definition) is 6. The molecular formula is C11H16BrN3O3S. The van der Waals surface area contributed by atoms with Crippen LogP contribution in [0.4, 0.5) is 5.82 Å². The number of anilines is 1. The van der Waals surface area contributed by atoms with E-state index in [1.807, 2.05) is 0 Å². The average Bonchev–Trinajstić information content (AvgIpc) is 2.72. The highest BCUT2D eigenvalue weighted by Gasteiger charge is 2.31. The van der Waals surface area contributed by atoms with E-state index in [4.69, 9.17) is 4.74 Å². The van der Waals surface area contributed by atoms with Gasteiger partial charge in [-0.3, -0.25) is 0 Å². The van der Waals surface area contributed by atoms with Crippen LogP contribution in [0.5, 0.6) is 0 Å². The fraction of sp³-hybridized carbons (Fsp3) is 0.636. The number of halogens is 1. The van der Waals surface area contributed by atoms with Gasteiger partial charge in [0.05, 0.1) is 28.3 Å². The summed E-state index contributed by atoms with van der Waals surface area (Å²) in [4.78, 5) is 8.82. The lowest BCUT2D eigenvalue weighted by Gasteiger charge is -2.13. The van der Waals surface area contributed by atoms with Crippen LogP contribution in [0, 0.1) is 0 Å². The Labute approximate surface area is 121 Å². The Hall–Kier alpha value is -0.730. The van der Waals surface area contributed by atoms with E-state index in [1.54, 1.807) is 14.2 Å². The smallest absolute Gasteiger partial charge is 0.151 e. The van der Waals surface area contributed by atoms with Gasteiger partial charge in [0.2, 0.25) is 0 Å². The van der Waals surface area contributed by atoms with Crippen molar-refractivity contribution in [2.24, 2.45) is 0 Å². The van der Waals surface area contributed by atoms with Crippen LogP contribution in [0.15, 0.2) is 4.47 Å². The largest absolute Gasteiger partial charge is 0.378 e. The maximum Gasteiger partial charge on any atom is 0.151 e. The number of rotatable bonds is 4. The molecule has 106 valence electrons. The van der Waals surface area contributed by atoms with Crippen LogP contribution in [0.25, 0.3) is 0 Å². The monoisotopic (exact) mass is 349 g/mol. The molecule has 19 heavy (non-hydrogen) atoms. The summed E-state index contributed by atoms with van der Waals surface area (Å²) in [5.41, 5.74) is 0.723. The number of methoxy groups -OCH3 is 1. The molecule has 1 aliphatic rings. The summed E-state index contributed by atoms with van der Waals surface area (Å²) >= 11 is 3.42. The second-order valence-corrected chi connectivity index (χ2v) is 7.50. The Morgan fingerprint density at radius 1 is 1.47 bits per heavy atom. The van der Waals surface area contributed by atoms with E-state index < -0.39 is 9.84 Å². The third kappa shape index (κ3) is 3.24. The topological polar surface area (TPSA) is 81.2 Å². The Bertz CT molecular complexity index is 577. The lowest BCUT2D eigenvalue weighted by atomic mass is 10.1. The van der Waals surface area contributed by atoms with Gasteiger partial charge in [0.1, 0.15) is 11.6 Å². The van der Waals surface area contributed by atoms with Gasteiger partial charge < -0.3 is 10.1 Å². The molecule has 1 aromatic rings. The molecule has 2 heterocycles. The zero-order chi connectivity index (χ0) is 14.0. The lowest BCUT2D eigenvalue weighted by Crippen LogP contribution is -2.12. The maximum absolute atomic E-state index is 11.5. The first-order valence-corrected chi connectivity index (χ1v) is 8.51. The van der Waals surface area contributed by atoms with E-state index in [9.17, 15) is 8.42 Å². The van der Waals surface area contributed by atoms with Crippen molar-refractivity contribution in [2.45, 2.75) is 18.9 Å². The number of nitrogens with zero attached hydrogens (tertiary/aromatic N) is 2. The summed E-state index contributed by atoms with van der Waals surface area (Å²) in [6.45, 7) is 0.351. The minimum absolute atomic E-state index is 0.124. The zero-order valence-electron chi connectivity index (χ0n) is 10.8. The Morgan fingerprint density at radius 2 is 2.21 bits per heavy atom. The quantitative estimate of drug-likeness (QED) is 0.882. The highest BCUT2D eigenvalue weighted by molar-refractivity contribution is 9.10. The van der Waals surface area contributed by atoms with Crippen molar-refractivity contribution in [1.29, 1.82) is 0 Å². The standard InChI is InChI=1S/C11H16BrN3O3S/c1-13-11-9(12)8(5-18-2)14-10(15-11)7-3-4-19(16,17)6-7/h7H,3-6H2,1-2H3,(H,13,14,15). The van der Waals surface area contributed by atoms with Crippen LogP contribution in [-0.4, -0.2) is 44.0 Å². The molecule has 0 bridgehead atoms. The number of sulfone groups is 1. The third-order valence-corrected chi connectivity index (χ3v) is 5.65. The summed E-state index contributed by atoms with van der Waals surface area (Å²) in [6.07, 6.45) is 0.583. The molecule has 0 amide bonds. The van der Waals surface area contributed by atoms with Crippen molar-refractivity contribution >= 4 is 31.6 Å². The van der Waals surface area contributed by atoms with E-state index in [0.29, 0.717) is 24.7 Å². The summed E-state index contributed by atoms with van der Waals surface area (Å²) < 4.78 is 28.9. The molecule has 1 atom stereocenters. The van der Waals surface area contributed by atoms with Crippen LogP contribution in [0.2, 0.25) is 0 Å². The molecule has 6 nitrogen and oxygen atoms in total. The van der Waals surface area contributed by atoms with Crippen LogP contribution < -0.4 is 5.32 Å². The van der Waals surface area contributed by atoms with Crippen LogP contribution >= 0.6 is 15.9 Å². The first-order valence-electron chi connectivity index (χ1n) is 5.90. The molecule has 2 rings (SSSR count). The minimum Gasteiger partial charge on any atom is -0.378 e. The molecule has 1 aliphatic heterocycles. The van der Waals surface area contributed by atoms with Crippen molar-refractivity contribution < 1.29 is 13.2 Å². The third-order valence-electron chi connectivity index (χ3n) is 3.05. The van der Waals surface area contributed by atoms with Crippen molar-refractivity contribution in [3.8, 4) is 0 Å². The molecule has 0 radical (unpaired) electrons. The maximum atomic E-state index is 11.5. The van der Waals surface area contributed by atoms with Crippen molar-refractivity contribution in [3.05, 3.63) is 16.0 Å². The molecule has 0 spiro atoms. The van der Waals surface area contributed by atoms with Crippen molar-refractivity contribution in [3.63, 3.8) is 0 Å². The second kappa shape index (κ2) is 5.72. The average molecular weight is 350 g/mol. The summed E-state index contributed by atoms with van der Waals surface area (Å²) in [5.74, 6) is 1.44. The van der Waals surface area contributed by atoms with Gasteiger partial charge in [0, 0.05) is 20.1 Å². The predicted molar refractivity (Wildman–Crippen MR) is 76.0 cm³/mol. The van der Waals surface area contributed by atoms with Gasteiger partial charge in [-0.2, -0.15) is 0 Å². The number of ether oxygens (including phenoxy) is 1. The van der Waals surface area contributed by atoms with Gasteiger partial charge >= 0.3 is 0 Å². The predicted octanol–water partition coefficient (Wildman–Crippen LogP) is 1.33. The summed E-state index contributed by atoms with van der Waals surface area (Å²) in [5, 5.41) is 2.98. The van der Waals surface area contributed by atoms with E-state index >= 15 is 0 Å². The number of aromatic nitrogens is 2. The van der Waals surface area contributed by atoms with Gasteiger partial charge in [-0.05, 0) is 22.4 Å². The molecule has 8 heteroatoms. The molecule has 1 unspecified atom stereocenters. The van der Waals surface area contributed by atoms with E-state index in [1.165, 1.54) is 0 Å². The second-order valence-electron chi connectivity index (χ2n) is 4.47. The Kier molecular flexibility index (Phi) is 4.42. The molecule has 0 aliphatic carbocycles. The van der Waals surface area contributed by atoms with Crippen molar-refractivity contribution in [2.75, 3.05) is 31.0 Å². The highest BCUT2D eigenvalue weighted by Crippen LogP contribution is 2.31. The summed E-state index contributed by atoms with van der Waals surface area (Å²) in [7, 11) is 0.411. The fourth-order valence-corrected chi connectivity index (χ4v) is 4.32. The van der Waals surface area contributed by atoms with Crippen molar-refractivity contribution in [1.82, 2.24) is 9.97 Å². The Morgan fingerprint density at radius 3 is 2.74 bits per heavy atom. The van der Waals surface area contributed by atoms with Crippen LogP contribution in [-0.2, 0) is 21.2 Å². The number of hydrogen-bond donors (Lipinski definition) is 1. The first kappa shape index (κ1) is 14.7. The molecule has 1 fully saturated rings. The Balaban J connectivity index is 2.38. The summed E-state index contributed by atoms with van der Waals surface area (Å²) in [6, 6.07) is 0.